The summed E-state index contributed by atoms with van der Waals surface area (Å²) in [6.07, 6.45) is 5.82. The highest BCUT2D eigenvalue weighted by molar-refractivity contribution is 7.99. The number of thioether (sulfide) groups is 1. The summed E-state index contributed by atoms with van der Waals surface area (Å²) < 4.78 is 0. The van der Waals surface area contributed by atoms with Gasteiger partial charge < -0.3 is 20.8 Å². The molecule has 0 bridgehead atoms. The molecule has 1 aliphatic heterocycles. The second-order valence-electron chi connectivity index (χ2n) is 3.38. The summed E-state index contributed by atoms with van der Waals surface area (Å²) in [4.78, 5) is 10.4. The van der Waals surface area contributed by atoms with Crippen LogP contribution in [-0.2, 0) is 0 Å². The fraction of sp³-hybridized carbons (Fsp3) is 0.455. The fourth-order valence-electron chi connectivity index (χ4n) is 1.23. The van der Waals surface area contributed by atoms with Crippen LogP contribution in [0.1, 0.15) is 0 Å². The minimum Gasteiger partial charge on any atom is -0.394 e. The van der Waals surface area contributed by atoms with Crippen LogP contribution in [0.5, 0.6) is 0 Å². The molecule has 0 spiro atoms. The molecule has 0 atom stereocenters. The Morgan fingerprint density at radius 3 is 2.83 bits per heavy atom. The summed E-state index contributed by atoms with van der Waals surface area (Å²) in [7, 11) is 0. The van der Waals surface area contributed by atoms with Crippen molar-refractivity contribution >= 4 is 23.5 Å². The molecule has 0 aliphatic carbocycles. The molecule has 1 aliphatic rings. The zero-order valence-electron chi connectivity index (χ0n) is 10.1. The third-order valence-electron chi connectivity index (χ3n) is 2.00. The van der Waals surface area contributed by atoms with Crippen molar-refractivity contribution in [1.29, 1.82) is 0 Å². The van der Waals surface area contributed by atoms with E-state index in [-0.39, 0.29) is 13.2 Å². The first-order valence-electron chi connectivity index (χ1n) is 5.59. The van der Waals surface area contributed by atoms with Gasteiger partial charge in [0.05, 0.1) is 13.2 Å². The molecular weight excluding hydrogens is 252 g/mol. The summed E-state index contributed by atoms with van der Waals surface area (Å²) in [5, 5.41) is 15.2. The number of nitrogens with two attached hydrogens (primary N) is 1. The van der Waals surface area contributed by atoms with E-state index in [1.54, 1.807) is 12.3 Å². The molecule has 100 valence electrons. The average molecular weight is 270 g/mol. The molecule has 7 heteroatoms. The third kappa shape index (κ3) is 5.35. The molecule has 6 nitrogen and oxygen atoms in total. The molecule has 0 amide bonds. The second-order valence-corrected chi connectivity index (χ2v) is 4.53. The second kappa shape index (κ2) is 8.73. The van der Waals surface area contributed by atoms with Crippen LogP contribution in [0.4, 0.5) is 11.8 Å². The van der Waals surface area contributed by atoms with E-state index in [0.29, 0.717) is 11.8 Å². The van der Waals surface area contributed by atoms with Gasteiger partial charge in [0.1, 0.15) is 5.82 Å². The highest BCUT2D eigenvalue weighted by atomic mass is 32.2. The van der Waals surface area contributed by atoms with Crippen molar-refractivity contribution in [3.05, 3.63) is 24.5 Å². The lowest BCUT2D eigenvalue weighted by atomic mass is 10.5. The van der Waals surface area contributed by atoms with E-state index in [4.69, 9.17) is 15.9 Å². The van der Waals surface area contributed by atoms with Gasteiger partial charge in [-0.05, 0) is 6.07 Å². The number of nitrogens with zero attached hydrogens (tertiary/aromatic N) is 3. The van der Waals surface area contributed by atoms with E-state index in [9.17, 15) is 0 Å². The van der Waals surface area contributed by atoms with Crippen molar-refractivity contribution in [2.75, 3.05) is 41.9 Å². The van der Waals surface area contributed by atoms with E-state index in [0.717, 1.165) is 18.1 Å². The zero-order valence-corrected chi connectivity index (χ0v) is 10.9. The van der Waals surface area contributed by atoms with Crippen LogP contribution in [0.2, 0.25) is 0 Å². The molecule has 4 N–H and O–H groups in total. The van der Waals surface area contributed by atoms with Crippen molar-refractivity contribution in [2.45, 2.75) is 0 Å². The van der Waals surface area contributed by atoms with Crippen LogP contribution in [0.3, 0.4) is 0 Å². The predicted molar refractivity (Wildman–Crippen MR) is 74.4 cm³/mol. The van der Waals surface area contributed by atoms with Gasteiger partial charge in [-0.3, -0.25) is 0 Å². The quantitative estimate of drug-likeness (QED) is 0.701. The summed E-state index contributed by atoms with van der Waals surface area (Å²) in [5.41, 5.74) is 5.60. The molecule has 0 saturated heterocycles. The largest absolute Gasteiger partial charge is 0.394 e. The Kier molecular flexibility index (Phi) is 7.16. The molecule has 1 aromatic rings. The fourth-order valence-corrected chi connectivity index (χ4v) is 1.94. The summed E-state index contributed by atoms with van der Waals surface area (Å²) in [5.74, 6) is 3.34. The van der Waals surface area contributed by atoms with E-state index in [2.05, 4.69) is 16.0 Å². The smallest absolute Gasteiger partial charge is 0.231 e. The number of aliphatic hydroxyl groups is 2. The van der Waals surface area contributed by atoms with Crippen LogP contribution in [0, 0.1) is 0 Å². The van der Waals surface area contributed by atoms with E-state index in [1.807, 2.05) is 22.9 Å². The molecule has 0 saturated carbocycles. The summed E-state index contributed by atoms with van der Waals surface area (Å²) in [6.45, 7) is 0.685. The molecule has 18 heavy (non-hydrogen) atoms. The zero-order chi connectivity index (χ0) is 13.2. The van der Waals surface area contributed by atoms with Gasteiger partial charge in [0, 0.05) is 30.4 Å². The van der Waals surface area contributed by atoms with Gasteiger partial charge in [-0.1, -0.05) is 6.08 Å². The number of anilines is 2. The van der Waals surface area contributed by atoms with Crippen molar-refractivity contribution in [2.24, 2.45) is 0 Å². The minimum absolute atomic E-state index is 0.125. The lowest BCUT2D eigenvalue weighted by molar-refractivity contribution is 0.186. The minimum atomic E-state index is -0.125. The highest BCUT2D eigenvalue weighted by Crippen LogP contribution is 2.14. The lowest BCUT2D eigenvalue weighted by Gasteiger charge is -2.15. The van der Waals surface area contributed by atoms with Gasteiger partial charge in [0.15, 0.2) is 0 Å². The maximum absolute atomic E-state index is 7.62. The number of nitrogen functional groups attached to an aromatic ring is 1. The van der Waals surface area contributed by atoms with Crippen molar-refractivity contribution in [1.82, 2.24) is 9.97 Å². The molecular formula is C11H18N4O2S. The van der Waals surface area contributed by atoms with E-state index < -0.39 is 0 Å². The number of hydrogen-bond donors (Lipinski definition) is 3. The average Bonchev–Trinajstić information content (AvgIpc) is 2.68. The predicted octanol–water partition coefficient (Wildman–Crippen LogP) is 0.0967. The maximum Gasteiger partial charge on any atom is 0.231 e. The Hall–Kier alpha value is -1.31. The van der Waals surface area contributed by atoms with E-state index in [1.165, 1.54) is 0 Å². The first kappa shape index (κ1) is 14.7. The third-order valence-corrected chi connectivity index (χ3v) is 2.90. The van der Waals surface area contributed by atoms with Crippen LogP contribution < -0.4 is 10.6 Å². The summed E-state index contributed by atoms with van der Waals surface area (Å²) in [6, 6.07) is 1.69. The Bertz CT molecular complexity index is 374. The molecule has 0 aromatic carbocycles. The Morgan fingerprint density at radius 1 is 1.39 bits per heavy atom. The normalized spacial score (nSPS) is 14.7. The van der Waals surface area contributed by atoms with Gasteiger partial charge in [0.2, 0.25) is 5.95 Å². The topological polar surface area (TPSA) is 95.5 Å². The molecule has 0 fully saturated rings. The van der Waals surface area contributed by atoms with Crippen molar-refractivity contribution < 1.29 is 10.2 Å². The highest BCUT2D eigenvalue weighted by Gasteiger charge is 2.08. The van der Waals surface area contributed by atoms with Gasteiger partial charge >= 0.3 is 0 Å². The Labute approximate surface area is 111 Å². The number of aromatic nitrogens is 2. The lowest BCUT2D eigenvalue weighted by Crippen LogP contribution is -2.20. The number of aliphatic hydroxyl groups excluding tert-OH is 2. The van der Waals surface area contributed by atoms with Crippen molar-refractivity contribution in [3.8, 4) is 0 Å². The van der Waals surface area contributed by atoms with Crippen molar-refractivity contribution in [3.63, 3.8) is 0 Å². The van der Waals surface area contributed by atoms with Gasteiger partial charge in [0.25, 0.3) is 0 Å². The van der Waals surface area contributed by atoms with Crippen LogP contribution in [0.25, 0.3) is 0 Å². The summed E-state index contributed by atoms with van der Waals surface area (Å²) >= 11 is 1.90. The van der Waals surface area contributed by atoms with Crippen LogP contribution >= 0.6 is 11.8 Å². The maximum atomic E-state index is 7.62. The molecule has 2 heterocycles. The Morgan fingerprint density at radius 2 is 2.17 bits per heavy atom. The van der Waals surface area contributed by atoms with Gasteiger partial charge in [-0.15, -0.1) is 0 Å². The first-order valence-corrected chi connectivity index (χ1v) is 6.74. The molecule has 0 unspecified atom stereocenters. The SMILES string of the molecule is Nc1ccnc(N2C=CCSCC2)n1.OCCO. The first-order chi connectivity index (χ1) is 8.77. The number of rotatable bonds is 2. The van der Waals surface area contributed by atoms with Crippen LogP contribution in [0.15, 0.2) is 24.5 Å². The molecule has 2 rings (SSSR count). The van der Waals surface area contributed by atoms with Gasteiger partial charge in [-0.25, -0.2) is 4.98 Å². The van der Waals surface area contributed by atoms with Crippen LogP contribution in [-0.4, -0.2) is 51.4 Å². The van der Waals surface area contributed by atoms with E-state index >= 15 is 0 Å². The molecule has 0 radical (unpaired) electrons. The number of hydrogen-bond acceptors (Lipinski definition) is 7. The monoisotopic (exact) mass is 270 g/mol. The Balaban J connectivity index is 0.000000357. The standard InChI is InChI=1S/C9H12N4S.C2H6O2/c10-8-2-3-11-9(12-8)13-4-1-6-14-7-5-13;3-1-2-4/h1-4H,5-7H2,(H2,10,11,12);3-4H,1-2H2. The molecule has 1 aromatic heterocycles. The van der Waals surface area contributed by atoms with Gasteiger partial charge in [-0.2, -0.15) is 16.7 Å².